The molecule has 0 aromatic heterocycles. The molecule has 51 heavy (non-hydrogen) atoms. The highest BCUT2D eigenvalue weighted by atomic mass is 16.7. The highest BCUT2D eigenvalue weighted by Gasteiger charge is 2.44. The highest BCUT2D eigenvalue weighted by Crippen LogP contribution is 2.23. The van der Waals surface area contributed by atoms with Gasteiger partial charge in [-0.05, 0) is 18.8 Å². The molecular weight excluding hydrogens is 654 g/mol. The Bertz CT molecular complexity index is 818. The van der Waals surface area contributed by atoms with E-state index in [2.05, 4.69) is 26.1 Å². The van der Waals surface area contributed by atoms with E-state index in [1.54, 1.807) is 0 Å². The van der Waals surface area contributed by atoms with Crippen LogP contribution in [0, 0.1) is 5.92 Å². The molecule has 1 rings (SSSR count). The number of hydrogen-bond acceptors (Lipinski definition) is 10. The van der Waals surface area contributed by atoms with Crippen LogP contribution in [0.3, 0.4) is 0 Å². The van der Waals surface area contributed by atoms with Crippen molar-refractivity contribution in [2.24, 2.45) is 5.92 Å². The minimum Gasteiger partial charge on any atom is -0.394 e. The third-order valence-electron chi connectivity index (χ3n) is 10.3. The van der Waals surface area contributed by atoms with Gasteiger partial charge in [0.05, 0.1) is 25.4 Å². The first-order valence-electron chi connectivity index (χ1n) is 20.8. The van der Waals surface area contributed by atoms with Gasteiger partial charge in [-0.1, -0.05) is 162 Å². The molecular formula is C40H79NO10. The standard InChI is InChI=1S/C40H79NO10/c1-4-5-6-7-8-9-10-11-14-18-21-24-27-33(44)39(49)41-31(29-50-40-38(48)37(47)36(46)34(28-42)51-40)35(45)32(43)26-23-20-17-15-12-13-16-19-22-25-30(2)3/h30-38,40,42-48H,4-29H2,1-3H3,(H,41,49)/t31-,32+,33+,34?,35-,36+,37?,38?,40+/m0/s1. The molecule has 1 saturated heterocycles. The smallest absolute Gasteiger partial charge is 0.249 e. The number of carbonyl (C=O) groups excluding carboxylic acids is 1. The van der Waals surface area contributed by atoms with Crippen molar-refractivity contribution in [3.05, 3.63) is 0 Å². The van der Waals surface area contributed by atoms with Crippen molar-refractivity contribution in [3.8, 4) is 0 Å². The van der Waals surface area contributed by atoms with Crippen LogP contribution >= 0.6 is 0 Å². The van der Waals surface area contributed by atoms with Crippen LogP contribution in [0.2, 0.25) is 0 Å². The molecule has 304 valence electrons. The summed E-state index contributed by atoms with van der Waals surface area (Å²) in [6, 6.07) is -1.16. The Kier molecular flexibility index (Phi) is 28.7. The largest absolute Gasteiger partial charge is 0.394 e. The van der Waals surface area contributed by atoms with Crippen molar-refractivity contribution >= 4 is 5.91 Å². The summed E-state index contributed by atoms with van der Waals surface area (Å²) in [5, 5.41) is 75.3. The first-order valence-corrected chi connectivity index (χ1v) is 20.8. The van der Waals surface area contributed by atoms with Gasteiger partial charge in [0.2, 0.25) is 5.91 Å². The van der Waals surface area contributed by atoms with Crippen LogP contribution < -0.4 is 5.32 Å². The molecule has 0 aromatic rings. The van der Waals surface area contributed by atoms with E-state index in [9.17, 15) is 40.5 Å². The summed E-state index contributed by atoms with van der Waals surface area (Å²) in [5.41, 5.74) is 0. The lowest BCUT2D eigenvalue weighted by atomic mass is 9.98. The van der Waals surface area contributed by atoms with E-state index >= 15 is 0 Å². The van der Waals surface area contributed by atoms with Gasteiger partial charge in [-0.25, -0.2) is 0 Å². The van der Waals surface area contributed by atoms with Crippen LogP contribution in [0.5, 0.6) is 0 Å². The zero-order chi connectivity index (χ0) is 37.9. The van der Waals surface area contributed by atoms with E-state index in [0.717, 1.165) is 44.4 Å². The normalized spacial score (nSPS) is 23.3. The lowest BCUT2D eigenvalue weighted by Crippen LogP contribution is -2.60. The third kappa shape index (κ3) is 22.2. The Hall–Kier alpha value is -0.890. The van der Waals surface area contributed by atoms with Gasteiger partial charge in [-0.2, -0.15) is 0 Å². The molecule has 0 spiro atoms. The third-order valence-corrected chi connectivity index (χ3v) is 10.3. The fourth-order valence-electron chi connectivity index (χ4n) is 6.80. The van der Waals surface area contributed by atoms with Crippen molar-refractivity contribution in [2.75, 3.05) is 13.2 Å². The molecule has 11 heteroatoms. The minimum absolute atomic E-state index is 0.264. The quantitative estimate of drug-likeness (QED) is 0.0405. The maximum absolute atomic E-state index is 13.0. The number of unbranched alkanes of at least 4 members (excludes halogenated alkanes) is 19. The van der Waals surface area contributed by atoms with Crippen LogP contribution in [-0.4, -0.2) is 110 Å². The molecule has 9 atom stereocenters. The molecule has 0 radical (unpaired) electrons. The van der Waals surface area contributed by atoms with Gasteiger partial charge < -0.3 is 50.5 Å². The highest BCUT2D eigenvalue weighted by molar-refractivity contribution is 5.80. The van der Waals surface area contributed by atoms with Crippen LogP contribution in [-0.2, 0) is 14.3 Å². The Morgan fingerprint density at radius 1 is 0.647 bits per heavy atom. The van der Waals surface area contributed by atoms with Crippen molar-refractivity contribution in [3.63, 3.8) is 0 Å². The van der Waals surface area contributed by atoms with Crippen LogP contribution in [0.1, 0.15) is 175 Å². The minimum atomic E-state index is -1.65. The maximum Gasteiger partial charge on any atom is 0.249 e. The second-order valence-corrected chi connectivity index (χ2v) is 15.6. The summed E-state index contributed by atoms with van der Waals surface area (Å²) >= 11 is 0. The Morgan fingerprint density at radius 3 is 1.57 bits per heavy atom. The molecule has 11 nitrogen and oxygen atoms in total. The average molecular weight is 734 g/mol. The topological polar surface area (TPSA) is 189 Å². The first kappa shape index (κ1) is 48.1. The van der Waals surface area contributed by atoms with Crippen molar-refractivity contribution in [1.82, 2.24) is 5.32 Å². The fourth-order valence-corrected chi connectivity index (χ4v) is 6.80. The van der Waals surface area contributed by atoms with Gasteiger partial charge >= 0.3 is 0 Å². The lowest BCUT2D eigenvalue weighted by molar-refractivity contribution is -0.303. The number of hydrogen-bond donors (Lipinski definition) is 8. The van der Waals surface area contributed by atoms with Crippen molar-refractivity contribution in [2.45, 2.75) is 230 Å². The number of aliphatic hydroxyl groups excluding tert-OH is 7. The molecule has 0 bridgehead atoms. The Labute approximate surface area is 309 Å². The maximum atomic E-state index is 13.0. The van der Waals surface area contributed by atoms with Gasteiger partial charge in [0.1, 0.15) is 36.6 Å². The van der Waals surface area contributed by atoms with E-state index < -0.39 is 74.2 Å². The molecule has 0 saturated carbocycles. The average Bonchev–Trinajstić information content (AvgIpc) is 3.11. The number of carbonyl (C=O) groups is 1. The Morgan fingerprint density at radius 2 is 1.10 bits per heavy atom. The lowest BCUT2D eigenvalue weighted by Gasteiger charge is -2.40. The molecule has 3 unspecified atom stereocenters. The molecule has 1 aliphatic heterocycles. The summed E-state index contributed by atoms with van der Waals surface area (Å²) in [5.74, 6) is 0.0665. The predicted molar refractivity (Wildman–Crippen MR) is 201 cm³/mol. The monoisotopic (exact) mass is 734 g/mol. The van der Waals surface area contributed by atoms with Gasteiger partial charge in [-0.15, -0.1) is 0 Å². The van der Waals surface area contributed by atoms with Crippen molar-refractivity contribution < 1.29 is 50.0 Å². The van der Waals surface area contributed by atoms with E-state index in [1.165, 1.54) is 89.9 Å². The number of rotatable bonds is 33. The molecule has 0 aromatic carbocycles. The van der Waals surface area contributed by atoms with Gasteiger partial charge in [0.25, 0.3) is 0 Å². The second-order valence-electron chi connectivity index (χ2n) is 15.6. The van der Waals surface area contributed by atoms with E-state index in [4.69, 9.17) is 9.47 Å². The zero-order valence-electron chi connectivity index (χ0n) is 32.5. The summed E-state index contributed by atoms with van der Waals surface area (Å²) in [6.45, 7) is 5.70. The molecule has 0 aliphatic carbocycles. The van der Waals surface area contributed by atoms with Crippen LogP contribution in [0.4, 0.5) is 0 Å². The van der Waals surface area contributed by atoms with Gasteiger partial charge in [0.15, 0.2) is 6.29 Å². The summed E-state index contributed by atoms with van der Waals surface area (Å²) in [7, 11) is 0. The number of ether oxygens (including phenoxy) is 2. The second kappa shape index (κ2) is 30.4. The number of aliphatic hydroxyl groups is 7. The summed E-state index contributed by atoms with van der Waals surface area (Å²) < 4.78 is 11.0. The Balaban J connectivity index is 2.53. The van der Waals surface area contributed by atoms with Crippen LogP contribution in [0.25, 0.3) is 0 Å². The van der Waals surface area contributed by atoms with Crippen LogP contribution in [0.15, 0.2) is 0 Å². The first-order chi connectivity index (χ1) is 24.5. The van der Waals surface area contributed by atoms with E-state index in [-0.39, 0.29) is 6.42 Å². The molecule has 1 fully saturated rings. The van der Waals surface area contributed by atoms with Gasteiger partial charge in [-0.3, -0.25) is 4.79 Å². The molecule has 1 amide bonds. The van der Waals surface area contributed by atoms with Crippen molar-refractivity contribution in [1.29, 1.82) is 0 Å². The number of nitrogens with one attached hydrogen (secondary N) is 1. The number of amides is 1. The molecule has 8 N–H and O–H groups in total. The zero-order valence-corrected chi connectivity index (χ0v) is 32.5. The fraction of sp³-hybridized carbons (Fsp3) is 0.975. The van der Waals surface area contributed by atoms with E-state index in [1.807, 2.05) is 0 Å². The molecule has 1 aliphatic rings. The summed E-state index contributed by atoms with van der Waals surface area (Å²) in [4.78, 5) is 13.0. The predicted octanol–water partition coefficient (Wildman–Crippen LogP) is 5.41. The van der Waals surface area contributed by atoms with Gasteiger partial charge in [0, 0.05) is 0 Å². The molecule has 1 heterocycles. The SMILES string of the molecule is CCCCCCCCCCCCCC[C@@H](O)C(=O)N[C@@H](CO[C@@H]1OC(CO)[C@@H](O)C(O)C1O)[C@H](O)[C@H](O)CCCCCCCCCCCC(C)C. The van der Waals surface area contributed by atoms with E-state index in [0.29, 0.717) is 19.3 Å². The summed E-state index contributed by atoms with van der Waals surface area (Å²) in [6.07, 6.45) is 14.5.